The fourth-order valence-corrected chi connectivity index (χ4v) is 5.73. The number of hydrogen-bond donors (Lipinski definition) is 1. The topological polar surface area (TPSA) is 77.8 Å². The van der Waals surface area contributed by atoms with Gasteiger partial charge in [-0.15, -0.1) is 11.3 Å². The number of thiophene rings is 1. The molecule has 1 aliphatic carbocycles. The van der Waals surface area contributed by atoms with E-state index in [0.717, 1.165) is 53.0 Å². The first-order chi connectivity index (χ1) is 17.1. The van der Waals surface area contributed by atoms with Crippen LogP contribution in [0, 0.1) is 6.92 Å². The number of anilines is 1. The van der Waals surface area contributed by atoms with Gasteiger partial charge in [0.1, 0.15) is 23.1 Å². The Kier molecular flexibility index (Phi) is 8.10. The zero-order valence-corrected chi connectivity index (χ0v) is 22.9. The molecular weight excluding hydrogens is 498 g/mol. The molecule has 2 aromatic heterocycles. The van der Waals surface area contributed by atoms with Crippen molar-refractivity contribution in [1.82, 2.24) is 0 Å². The molecular formula is C28H32ClNO5S. The van der Waals surface area contributed by atoms with E-state index in [1.807, 2.05) is 32.9 Å². The first kappa shape index (κ1) is 26.3. The maximum Gasteiger partial charge on any atom is 0.341 e. The van der Waals surface area contributed by atoms with Crippen LogP contribution in [0.4, 0.5) is 5.00 Å². The Morgan fingerprint density at radius 1 is 1.14 bits per heavy atom. The van der Waals surface area contributed by atoms with Gasteiger partial charge in [-0.2, -0.15) is 0 Å². The number of fused-ring (bicyclic) bond motifs is 1. The van der Waals surface area contributed by atoms with Crippen LogP contribution in [0.5, 0.6) is 5.75 Å². The van der Waals surface area contributed by atoms with Crippen LogP contribution in [0.25, 0.3) is 0 Å². The average molecular weight is 530 g/mol. The first-order valence-corrected chi connectivity index (χ1v) is 13.5. The van der Waals surface area contributed by atoms with Crippen molar-refractivity contribution in [3.8, 4) is 5.75 Å². The fourth-order valence-electron chi connectivity index (χ4n) is 4.28. The molecule has 2 heterocycles. The van der Waals surface area contributed by atoms with Gasteiger partial charge in [-0.05, 0) is 93.3 Å². The number of rotatable bonds is 8. The summed E-state index contributed by atoms with van der Waals surface area (Å²) < 4.78 is 17.3. The number of carbonyl (C=O) groups is 2. The van der Waals surface area contributed by atoms with Crippen LogP contribution in [-0.2, 0) is 24.2 Å². The summed E-state index contributed by atoms with van der Waals surface area (Å²) in [5.74, 6) is 0.846. The SMILES string of the molecule is Cc1cc(OCc2ccc(C(=O)Nc3sc4c(c3C(=O)OC(C)C)CCCC4)o2)c(C(C)C)cc1Cl. The predicted molar refractivity (Wildman–Crippen MR) is 143 cm³/mol. The molecule has 0 bridgehead atoms. The third-order valence-corrected chi connectivity index (χ3v) is 7.73. The molecule has 0 fully saturated rings. The second-order valence-corrected chi connectivity index (χ2v) is 11.2. The summed E-state index contributed by atoms with van der Waals surface area (Å²) in [5.41, 5.74) is 3.42. The number of hydrogen-bond acceptors (Lipinski definition) is 6. The van der Waals surface area contributed by atoms with E-state index >= 15 is 0 Å². The monoisotopic (exact) mass is 529 g/mol. The van der Waals surface area contributed by atoms with Crippen LogP contribution in [0.15, 0.2) is 28.7 Å². The Balaban J connectivity index is 1.49. The maximum absolute atomic E-state index is 13.0. The Morgan fingerprint density at radius 3 is 2.61 bits per heavy atom. The van der Waals surface area contributed by atoms with Gasteiger partial charge in [0.15, 0.2) is 5.76 Å². The van der Waals surface area contributed by atoms with Gasteiger partial charge < -0.3 is 19.2 Å². The summed E-state index contributed by atoms with van der Waals surface area (Å²) in [5, 5.41) is 4.11. The highest BCUT2D eigenvalue weighted by molar-refractivity contribution is 7.17. The lowest BCUT2D eigenvalue weighted by Gasteiger charge is -2.15. The van der Waals surface area contributed by atoms with Crippen molar-refractivity contribution < 1.29 is 23.5 Å². The van der Waals surface area contributed by atoms with E-state index in [4.69, 9.17) is 25.5 Å². The fraction of sp³-hybridized carbons (Fsp3) is 0.429. The second-order valence-electron chi connectivity index (χ2n) is 9.67. The van der Waals surface area contributed by atoms with Gasteiger partial charge in [0.05, 0.1) is 11.7 Å². The quantitative estimate of drug-likeness (QED) is 0.302. The largest absolute Gasteiger partial charge is 0.485 e. The molecule has 1 N–H and O–H groups in total. The molecule has 0 aliphatic heterocycles. The third-order valence-electron chi connectivity index (χ3n) is 6.11. The standard InChI is InChI=1S/C28H32ClNO5S/c1-15(2)20-13-21(29)17(5)12-23(20)33-14-18-10-11-22(35-18)26(31)30-27-25(28(32)34-16(3)4)19-8-6-7-9-24(19)36-27/h10-13,15-16H,6-9,14H2,1-5H3,(H,30,31). The molecule has 8 heteroatoms. The third kappa shape index (κ3) is 5.79. The first-order valence-electron chi connectivity index (χ1n) is 12.3. The van der Waals surface area contributed by atoms with Crippen molar-refractivity contribution in [2.75, 3.05) is 5.32 Å². The minimum atomic E-state index is -0.413. The molecule has 0 saturated heterocycles. The van der Waals surface area contributed by atoms with Gasteiger partial charge in [0, 0.05) is 9.90 Å². The molecule has 0 atom stereocenters. The molecule has 0 unspecified atom stereocenters. The summed E-state index contributed by atoms with van der Waals surface area (Å²) >= 11 is 7.75. The Hall–Kier alpha value is -2.77. The highest BCUT2D eigenvalue weighted by Gasteiger charge is 2.28. The molecule has 1 amide bonds. The summed E-state index contributed by atoms with van der Waals surface area (Å²) in [6, 6.07) is 7.19. The van der Waals surface area contributed by atoms with E-state index in [1.54, 1.807) is 12.1 Å². The Bertz CT molecular complexity index is 1270. The van der Waals surface area contributed by atoms with Gasteiger partial charge in [-0.1, -0.05) is 25.4 Å². The minimum absolute atomic E-state index is 0.152. The Morgan fingerprint density at radius 2 is 1.89 bits per heavy atom. The molecule has 0 radical (unpaired) electrons. The highest BCUT2D eigenvalue weighted by Crippen LogP contribution is 2.39. The molecule has 0 spiro atoms. The predicted octanol–water partition coefficient (Wildman–Crippen LogP) is 7.70. The van der Waals surface area contributed by atoms with E-state index in [1.165, 1.54) is 11.3 Å². The maximum atomic E-state index is 13.0. The number of carbonyl (C=O) groups excluding carboxylic acids is 2. The number of ether oxygens (including phenoxy) is 2. The summed E-state index contributed by atoms with van der Waals surface area (Å²) in [7, 11) is 0. The van der Waals surface area contributed by atoms with E-state index in [0.29, 0.717) is 21.3 Å². The average Bonchev–Trinajstić information content (AvgIpc) is 3.43. The van der Waals surface area contributed by atoms with Crippen molar-refractivity contribution in [3.05, 3.63) is 67.9 Å². The van der Waals surface area contributed by atoms with Gasteiger partial charge >= 0.3 is 5.97 Å². The number of nitrogens with one attached hydrogen (secondary N) is 1. The summed E-state index contributed by atoms with van der Waals surface area (Å²) in [4.78, 5) is 27.0. The van der Waals surface area contributed by atoms with Gasteiger partial charge in [0.2, 0.25) is 0 Å². The number of halogens is 1. The second kappa shape index (κ2) is 11.1. The van der Waals surface area contributed by atoms with Gasteiger partial charge in [-0.25, -0.2) is 4.79 Å². The van der Waals surface area contributed by atoms with Crippen LogP contribution >= 0.6 is 22.9 Å². The van der Waals surface area contributed by atoms with Crippen molar-refractivity contribution in [2.45, 2.75) is 78.9 Å². The Labute approximate surface area is 220 Å². The van der Waals surface area contributed by atoms with Crippen molar-refractivity contribution in [3.63, 3.8) is 0 Å². The van der Waals surface area contributed by atoms with Gasteiger partial charge in [-0.3, -0.25) is 4.79 Å². The van der Waals surface area contributed by atoms with Crippen LogP contribution < -0.4 is 10.1 Å². The number of amides is 1. The highest BCUT2D eigenvalue weighted by atomic mass is 35.5. The lowest BCUT2D eigenvalue weighted by atomic mass is 9.95. The van der Waals surface area contributed by atoms with Crippen molar-refractivity contribution in [1.29, 1.82) is 0 Å². The van der Waals surface area contributed by atoms with Crippen LogP contribution in [0.1, 0.15) is 94.7 Å². The van der Waals surface area contributed by atoms with Crippen molar-refractivity contribution in [2.24, 2.45) is 0 Å². The van der Waals surface area contributed by atoms with E-state index < -0.39 is 11.9 Å². The van der Waals surface area contributed by atoms with E-state index in [2.05, 4.69) is 19.2 Å². The van der Waals surface area contributed by atoms with Crippen LogP contribution in [0.3, 0.4) is 0 Å². The van der Waals surface area contributed by atoms with Crippen LogP contribution in [0.2, 0.25) is 5.02 Å². The molecule has 36 heavy (non-hydrogen) atoms. The van der Waals surface area contributed by atoms with E-state index in [-0.39, 0.29) is 24.4 Å². The number of furan rings is 1. The number of aryl methyl sites for hydroxylation is 2. The molecule has 6 nitrogen and oxygen atoms in total. The molecule has 192 valence electrons. The molecule has 3 aromatic rings. The number of esters is 1. The molecule has 1 aromatic carbocycles. The summed E-state index contributed by atoms with van der Waals surface area (Å²) in [6.07, 6.45) is 3.57. The molecule has 0 saturated carbocycles. The normalized spacial score (nSPS) is 13.1. The minimum Gasteiger partial charge on any atom is -0.485 e. The summed E-state index contributed by atoms with van der Waals surface area (Å²) in [6.45, 7) is 9.90. The smallest absolute Gasteiger partial charge is 0.341 e. The van der Waals surface area contributed by atoms with Crippen molar-refractivity contribution >= 4 is 39.8 Å². The zero-order chi connectivity index (χ0) is 26.0. The zero-order valence-electron chi connectivity index (χ0n) is 21.3. The van der Waals surface area contributed by atoms with Gasteiger partial charge in [0.25, 0.3) is 5.91 Å². The lowest BCUT2D eigenvalue weighted by molar-refractivity contribution is 0.0378. The lowest BCUT2D eigenvalue weighted by Crippen LogP contribution is -2.17. The molecule has 4 rings (SSSR count). The number of benzene rings is 1. The molecule has 1 aliphatic rings. The van der Waals surface area contributed by atoms with Crippen LogP contribution in [-0.4, -0.2) is 18.0 Å². The van der Waals surface area contributed by atoms with E-state index in [9.17, 15) is 9.59 Å².